The molecule has 5 unspecified atom stereocenters. The third-order valence-electron chi connectivity index (χ3n) is 5.92. The molecular weight excluding hydrogens is 346 g/mol. The average Bonchev–Trinajstić information content (AvgIpc) is 3.23. The summed E-state index contributed by atoms with van der Waals surface area (Å²) >= 11 is 0. The molecule has 0 aromatic carbocycles. The molecular formula is C16H27N3O5S. The molecule has 4 aliphatic heterocycles. The summed E-state index contributed by atoms with van der Waals surface area (Å²) in [6.45, 7) is 3.74. The van der Waals surface area contributed by atoms with E-state index >= 15 is 0 Å². The van der Waals surface area contributed by atoms with Crippen LogP contribution >= 0.6 is 0 Å². The van der Waals surface area contributed by atoms with E-state index in [0.717, 1.165) is 6.42 Å². The first kappa shape index (κ1) is 17.7. The van der Waals surface area contributed by atoms with Gasteiger partial charge in [-0.2, -0.15) is 4.31 Å². The van der Waals surface area contributed by atoms with Crippen molar-refractivity contribution in [2.75, 3.05) is 60.0 Å². The highest BCUT2D eigenvalue weighted by molar-refractivity contribution is 7.90. The summed E-state index contributed by atoms with van der Waals surface area (Å²) in [5.74, 6) is -0.0158. The van der Waals surface area contributed by atoms with Gasteiger partial charge in [-0.3, -0.25) is 4.79 Å². The number of ether oxygens (including phenoxy) is 2. The lowest BCUT2D eigenvalue weighted by molar-refractivity contribution is -0.144. The smallest absolute Gasteiger partial charge is 0.228 e. The molecule has 0 aliphatic carbocycles. The van der Waals surface area contributed by atoms with E-state index in [2.05, 4.69) is 0 Å². The molecule has 1 amide bonds. The number of sulfonamides is 1. The fraction of sp³-hybridized carbons (Fsp3) is 0.938. The first-order valence-electron chi connectivity index (χ1n) is 9.03. The Morgan fingerprint density at radius 2 is 1.96 bits per heavy atom. The average molecular weight is 373 g/mol. The third kappa shape index (κ3) is 2.99. The van der Waals surface area contributed by atoms with Crippen molar-refractivity contribution in [2.24, 2.45) is 11.8 Å². The van der Waals surface area contributed by atoms with Crippen LogP contribution in [0.1, 0.15) is 6.42 Å². The van der Waals surface area contributed by atoms with Crippen LogP contribution < -0.4 is 0 Å². The molecule has 4 aliphatic rings. The minimum atomic E-state index is -3.36. The Bertz CT molecular complexity index is 634. The van der Waals surface area contributed by atoms with E-state index in [1.807, 2.05) is 23.9 Å². The quantitative estimate of drug-likeness (QED) is 0.618. The number of carbonyl (C=O) groups excluding carboxylic acids is 1. The van der Waals surface area contributed by atoms with Crippen molar-refractivity contribution >= 4 is 15.9 Å². The zero-order valence-electron chi connectivity index (χ0n) is 14.8. The van der Waals surface area contributed by atoms with Gasteiger partial charge >= 0.3 is 0 Å². The number of nitrogens with zero attached hydrogens (tertiary/aromatic N) is 3. The van der Waals surface area contributed by atoms with Crippen LogP contribution in [-0.2, 0) is 24.3 Å². The zero-order chi connectivity index (χ0) is 17.8. The number of fused-ring (bicyclic) bond motifs is 5. The van der Waals surface area contributed by atoms with Gasteiger partial charge < -0.3 is 19.3 Å². The Kier molecular flexibility index (Phi) is 4.56. The van der Waals surface area contributed by atoms with Gasteiger partial charge in [0.25, 0.3) is 0 Å². The minimum absolute atomic E-state index is 0.0326. The van der Waals surface area contributed by atoms with E-state index in [1.54, 1.807) is 4.31 Å². The van der Waals surface area contributed by atoms with Gasteiger partial charge in [-0.15, -0.1) is 0 Å². The Labute approximate surface area is 149 Å². The second-order valence-electron chi connectivity index (χ2n) is 7.85. The molecule has 0 saturated carbocycles. The fourth-order valence-electron chi connectivity index (χ4n) is 4.57. The predicted molar refractivity (Wildman–Crippen MR) is 90.5 cm³/mol. The largest absolute Gasteiger partial charge is 0.381 e. The van der Waals surface area contributed by atoms with Gasteiger partial charge in [-0.1, -0.05) is 0 Å². The van der Waals surface area contributed by atoms with Gasteiger partial charge in [0.1, 0.15) is 5.25 Å². The number of amides is 1. The summed E-state index contributed by atoms with van der Waals surface area (Å²) in [7, 11) is 0.520. The van der Waals surface area contributed by atoms with E-state index in [-0.39, 0.29) is 23.8 Å². The van der Waals surface area contributed by atoms with Crippen molar-refractivity contribution in [3.8, 4) is 0 Å². The zero-order valence-corrected chi connectivity index (χ0v) is 15.7. The topological polar surface area (TPSA) is 79.4 Å². The number of likely N-dealkylation sites (tertiary alicyclic amines) is 1. The number of carbonyl (C=O) groups is 1. The minimum Gasteiger partial charge on any atom is -0.381 e. The summed E-state index contributed by atoms with van der Waals surface area (Å²) in [4.78, 5) is 16.5. The Hall–Kier alpha value is -0.740. The van der Waals surface area contributed by atoms with Crippen molar-refractivity contribution < 1.29 is 22.7 Å². The van der Waals surface area contributed by atoms with Gasteiger partial charge in [-0.25, -0.2) is 8.42 Å². The molecule has 4 heterocycles. The highest BCUT2D eigenvalue weighted by atomic mass is 32.2. The third-order valence-corrected chi connectivity index (χ3v) is 8.31. The lowest BCUT2D eigenvalue weighted by Gasteiger charge is -2.35. The van der Waals surface area contributed by atoms with Crippen molar-refractivity contribution in [1.29, 1.82) is 0 Å². The van der Waals surface area contributed by atoms with Gasteiger partial charge in [-0.05, 0) is 20.5 Å². The first-order chi connectivity index (χ1) is 11.9. The van der Waals surface area contributed by atoms with E-state index < -0.39 is 21.4 Å². The molecule has 0 aromatic heterocycles. The van der Waals surface area contributed by atoms with Crippen molar-refractivity contribution in [3.05, 3.63) is 0 Å². The Balaban J connectivity index is 1.47. The molecule has 25 heavy (non-hydrogen) atoms. The van der Waals surface area contributed by atoms with E-state index in [1.165, 1.54) is 0 Å². The van der Waals surface area contributed by atoms with Crippen molar-refractivity contribution in [2.45, 2.75) is 23.9 Å². The van der Waals surface area contributed by atoms with Gasteiger partial charge in [0.05, 0.1) is 24.7 Å². The van der Waals surface area contributed by atoms with E-state index in [4.69, 9.17) is 9.47 Å². The fourth-order valence-corrected chi connectivity index (χ4v) is 6.86. The summed E-state index contributed by atoms with van der Waals surface area (Å²) in [5.41, 5.74) is 0. The Morgan fingerprint density at radius 3 is 2.64 bits per heavy atom. The molecule has 0 radical (unpaired) electrons. The highest BCUT2D eigenvalue weighted by Crippen LogP contribution is 2.43. The van der Waals surface area contributed by atoms with Crippen LogP contribution in [0.3, 0.4) is 0 Å². The van der Waals surface area contributed by atoms with Crippen LogP contribution in [0.5, 0.6) is 0 Å². The van der Waals surface area contributed by atoms with Gasteiger partial charge in [0.2, 0.25) is 15.9 Å². The number of likely N-dealkylation sites (N-methyl/N-ethyl adjacent to an activating group) is 1. The predicted octanol–water partition coefficient (Wildman–Crippen LogP) is -1.18. The maximum absolute atomic E-state index is 13.0. The molecule has 0 aromatic rings. The molecule has 0 spiro atoms. The maximum atomic E-state index is 13.0. The normalized spacial score (nSPS) is 40.0. The Morgan fingerprint density at radius 1 is 1.20 bits per heavy atom. The van der Waals surface area contributed by atoms with Crippen molar-refractivity contribution in [3.63, 3.8) is 0 Å². The number of morpholine rings is 1. The summed E-state index contributed by atoms with van der Waals surface area (Å²) in [6.07, 6.45) is 0.188. The summed E-state index contributed by atoms with van der Waals surface area (Å²) < 4.78 is 38.8. The molecule has 9 heteroatoms. The molecule has 4 fully saturated rings. The lowest BCUT2D eigenvalue weighted by atomic mass is 10.00. The second kappa shape index (κ2) is 6.45. The molecule has 2 bridgehead atoms. The number of hydrogen-bond acceptors (Lipinski definition) is 6. The number of rotatable bonds is 4. The molecule has 0 N–H and O–H groups in total. The summed E-state index contributed by atoms with van der Waals surface area (Å²) in [6, 6.07) is 0. The van der Waals surface area contributed by atoms with Crippen LogP contribution in [0, 0.1) is 11.8 Å². The molecule has 5 atom stereocenters. The van der Waals surface area contributed by atoms with Crippen LogP contribution in [0.15, 0.2) is 0 Å². The second-order valence-corrected chi connectivity index (χ2v) is 9.94. The standard InChI is InChI=1S/C16H27N3O5S/c1-17(2)4-5-19-7-12-13-8-18(16(20)11-3-6-23-10-11)9-14(24-13)15(12)25(19,21)22/h11-15H,3-10H2,1-2H3. The summed E-state index contributed by atoms with van der Waals surface area (Å²) in [5, 5.41) is -0.503. The molecule has 4 rings (SSSR count). The van der Waals surface area contributed by atoms with Crippen LogP contribution in [0.25, 0.3) is 0 Å². The SMILES string of the molecule is CN(C)CCN1CC2C3CN(C(=O)C4CCOC4)CC(O3)C2S1(=O)=O. The highest BCUT2D eigenvalue weighted by Gasteiger charge is 2.61. The van der Waals surface area contributed by atoms with Crippen LogP contribution in [-0.4, -0.2) is 106 Å². The van der Waals surface area contributed by atoms with E-state index in [9.17, 15) is 13.2 Å². The van der Waals surface area contributed by atoms with Gasteiger partial charge in [0, 0.05) is 45.2 Å². The molecule has 8 nitrogen and oxygen atoms in total. The van der Waals surface area contributed by atoms with Crippen LogP contribution in [0.4, 0.5) is 0 Å². The maximum Gasteiger partial charge on any atom is 0.228 e. The molecule has 4 saturated heterocycles. The molecule has 142 valence electrons. The monoisotopic (exact) mass is 373 g/mol. The first-order valence-corrected chi connectivity index (χ1v) is 10.5. The van der Waals surface area contributed by atoms with E-state index in [0.29, 0.717) is 45.9 Å². The van der Waals surface area contributed by atoms with Crippen molar-refractivity contribution in [1.82, 2.24) is 14.1 Å². The number of hydrogen-bond donors (Lipinski definition) is 0. The lowest BCUT2D eigenvalue weighted by Crippen LogP contribution is -2.51. The van der Waals surface area contributed by atoms with Crippen LogP contribution in [0.2, 0.25) is 0 Å². The van der Waals surface area contributed by atoms with Gasteiger partial charge in [0.15, 0.2) is 0 Å².